The summed E-state index contributed by atoms with van der Waals surface area (Å²) in [5.74, 6) is 0. The molecule has 0 saturated carbocycles. The van der Waals surface area contributed by atoms with Crippen LogP contribution in [0.2, 0.25) is 0 Å². The molecule has 0 amide bonds. The van der Waals surface area contributed by atoms with Crippen LogP contribution >= 0.6 is 0 Å². The number of rotatable bonds is 6. The maximum absolute atomic E-state index is 10.8. The summed E-state index contributed by atoms with van der Waals surface area (Å²) in [6.45, 7) is 0.851. The Bertz CT molecular complexity index is 620. The monoisotopic (exact) mass is 280 g/mol. The summed E-state index contributed by atoms with van der Waals surface area (Å²) in [4.78, 5) is 0. The molecule has 0 aliphatic carbocycles. The van der Waals surface area contributed by atoms with Crippen molar-refractivity contribution < 1.29 is 12.6 Å². The van der Waals surface area contributed by atoms with E-state index < -0.39 is 10.1 Å². The van der Waals surface area contributed by atoms with Gasteiger partial charge in [-0.2, -0.15) is 13.5 Å². The van der Waals surface area contributed by atoms with Crippen LogP contribution in [0.25, 0.3) is 0 Å². The van der Waals surface area contributed by atoms with Crippen molar-refractivity contribution in [2.45, 2.75) is 13.0 Å². The molecule has 0 saturated heterocycles. The number of benzene rings is 1. The number of hydrogen-bond donors (Lipinski definition) is 0. The first kappa shape index (κ1) is 13.8. The highest BCUT2D eigenvalue weighted by Crippen LogP contribution is 2.05. The highest BCUT2D eigenvalue weighted by molar-refractivity contribution is 7.85. The molecule has 0 atom stereocenters. The minimum absolute atomic E-state index is 0.149. The van der Waals surface area contributed by atoms with Crippen LogP contribution in [-0.4, -0.2) is 31.1 Å². The molecule has 1 aromatic heterocycles. The lowest BCUT2D eigenvalue weighted by Crippen LogP contribution is -2.05. The first-order chi connectivity index (χ1) is 9.03. The van der Waals surface area contributed by atoms with Gasteiger partial charge in [0.05, 0.1) is 25.6 Å². The van der Waals surface area contributed by atoms with Gasteiger partial charge in [-0.3, -0.25) is 8.86 Å². The Balaban J connectivity index is 1.89. The van der Waals surface area contributed by atoms with Gasteiger partial charge in [-0.05, 0) is 11.1 Å². The molecule has 0 bridgehead atoms. The van der Waals surface area contributed by atoms with Crippen LogP contribution in [0.3, 0.4) is 0 Å². The molecule has 0 radical (unpaired) electrons. The molecule has 0 spiro atoms. The maximum Gasteiger partial charge on any atom is 0.264 e. The molecular formula is C13H16N2O3S. The fraction of sp³-hybridized carbons (Fsp3) is 0.308. The lowest BCUT2D eigenvalue weighted by Gasteiger charge is -2.01. The van der Waals surface area contributed by atoms with Crippen LogP contribution in [-0.2, 0) is 27.3 Å². The van der Waals surface area contributed by atoms with Gasteiger partial charge in [0.1, 0.15) is 0 Å². The Morgan fingerprint density at radius 1 is 1.21 bits per heavy atom. The van der Waals surface area contributed by atoms with Crippen molar-refractivity contribution in [3.05, 3.63) is 53.9 Å². The van der Waals surface area contributed by atoms with Crippen LogP contribution in [0.1, 0.15) is 11.1 Å². The van der Waals surface area contributed by atoms with E-state index in [-0.39, 0.29) is 6.61 Å². The molecule has 102 valence electrons. The van der Waals surface area contributed by atoms with E-state index >= 15 is 0 Å². The summed E-state index contributed by atoms with van der Waals surface area (Å²) in [5, 5.41) is 4.24. The SMILES string of the molecule is CS(=O)(=O)OCCc1cnn(Cc2ccccc2)c1. The third-order valence-electron chi connectivity index (χ3n) is 2.56. The van der Waals surface area contributed by atoms with Gasteiger partial charge in [0.2, 0.25) is 0 Å². The van der Waals surface area contributed by atoms with Gasteiger partial charge >= 0.3 is 0 Å². The zero-order valence-corrected chi connectivity index (χ0v) is 11.5. The van der Waals surface area contributed by atoms with Gasteiger partial charge in [0, 0.05) is 12.6 Å². The predicted octanol–water partition coefficient (Wildman–Crippen LogP) is 1.45. The molecule has 6 heteroatoms. The topological polar surface area (TPSA) is 61.2 Å². The molecule has 5 nitrogen and oxygen atoms in total. The third kappa shape index (κ3) is 4.84. The summed E-state index contributed by atoms with van der Waals surface area (Å²) in [5.41, 5.74) is 2.13. The lowest BCUT2D eigenvalue weighted by atomic mass is 10.2. The van der Waals surface area contributed by atoms with Gasteiger partial charge in [-0.15, -0.1) is 0 Å². The van der Waals surface area contributed by atoms with E-state index in [1.807, 2.05) is 41.2 Å². The van der Waals surface area contributed by atoms with E-state index in [1.54, 1.807) is 6.20 Å². The maximum atomic E-state index is 10.8. The highest BCUT2D eigenvalue weighted by Gasteiger charge is 2.04. The van der Waals surface area contributed by atoms with Gasteiger partial charge in [0.15, 0.2) is 0 Å². The average Bonchev–Trinajstić information content (AvgIpc) is 2.76. The van der Waals surface area contributed by atoms with Crippen LogP contribution in [0.5, 0.6) is 0 Å². The molecular weight excluding hydrogens is 264 g/mol. The van der Waals surface area contributed by atoms with Crippen molar-refractivity contribution in [1.29, 1.82) is 0 Å². The van der Waals surface area contributed by atoms with Crippen molar-refractivity contribution in [3.8, 4) is 0 Å². The Labute approximate surface area is 113 Å². The zero-order valence-electron chi connectivity index (χ0n) is 10.7. The summed E-state index contributed by atoms with van der Waals surface area (Å²) in [6.07, 6.45) is 5.21. The number of hydrogen-bond acceptors (Lipinski definition) is 4. The first-order valence-electron chi connectivity index (χ1n) is 5.92. The minimum atomic E-state index is -3.36. The van der Waals surface area contributed by atoms with Crippen molar-refractivity contribution >= 4 is 10.1 Å². The molecule has 2 rings (SSSR count). The summed E-state index contributed by atoms with van der Waals surface area (Å²) < 4.78 is 28.2. The molecule has 0 aliphatic heterocycles. The van der Waals surface area contributed by atoms with Crippen molar-refractivity contribution in [1.82, 2.24) is 9.78 Å². The second-order valence-corrected chi connectivity index (χ2v) is 5.95. The molecule has 2 aromatic rings. The van der Waals surface area contributed by atoms with E-state index in [0.717, 1.165) is 11.8 Å². The summed E-state index contributed by atoms with van der Waals surface area (Å²) in [6, 6.07) is 10.0. The van der Waals surface area contributed by atoms with Crippen LogP contribution in [0.4, 0.5) is 0 Å². The molecule has 0 unspecified atom stereocenters. The van der Waals surface area contributed by atoms with Crippen molar-refractivity contribution in [3.63, 3.8) is 0 Å². The predicted molar refractivity (Wildman–Crippen MR) is 72.3 cm³/mol. The average molecular weight is 280 g/mol. The second kappa shape index (κ2) is 5.99. The summed E-state index contributed by atoms with van der Waals surface area (Å²) >= 11 is 0. The van der Waals surface area contributed by atoms with Gasteiger partial charge in [0.25, 0.3) is 10.1 Å². The fourth-order valence-corrected chi connectivity index (χ4v) is 2.09. The van der Waals surface area contributed by atoms with E-state index in [1.165, 1.54) is 5.56 Å². The smallest absolute Gasteiger partial charge is 0.264 e. The van der Waals surface area contributed by atoms with Crippen molar-refractivity contribution in [2.24, 2.45) is 0 Å². The van der Waals surface area contributed by atoms with E-state index in [9.17, 15) is 8.42 Å². The van der Waals surface area contributed by atoms with Gasteiger partial charge in [-0.1, -0.05) is 30.3 Å². The van der Waals surface area contributed by atoms with E-state index in [0.29, 0.717) is 13.0 Å². The second-order valence-electron chi connectivity index (χ2n) is 4.31. The number of aromatic nitrogens is 2. The Kier molecular flexibility index (Phi) is 4.34. The lowest BCUT2D eigenvalue weighted by molar-refractivity contribution is 0.326. The van der Waals surface area contributed by atoms with Crippen LogP contribution < -0.4 is 0 Å². The molecule has 0 fully saturated rings. The van der Waals surface area contributed by atoms with Gasteiger partial charge in [-0.25, -0.2) is 0 Å². The van der Waals surface area contributed by atoms with Crippen LogP contribution in [0, 0.1) is 0 Å². The van der Waals surface area contributed by atoms with E-state index in [4.69, 9.17) is 4.18 Å². The molecule has 1 aromatic carbocycles. The normalized spacial score (nSPS) is 11.6. The molecule has 19 heavy (non-hydrogen) atoms. The molecule has 0 N–H and O–H groups in total. The Hall–Kier alpha value is -1.66. The molecule has 1 heterocycles. The van der Waals surface area contributed by atoms with Gasteiger partial charge < -0.3 is 0 Å². The van der Waals surface area contributed by atoms with Crippen molar-refractivity contribution in [2.75, 3.05) is 12.9 Å². The van der Waals surface area contributed by atoms with E-state index in [2.05, 4.69) is 5.10 Å². The fourth-order valence-electron chi connectivity index (χ4n) is 1.70. The third-order valence-corrected chi connectivity index (χ3v) is 3.16. The Morgan fingerprint density at radius 2 is 1.95 bits per heavy atom. The first-order valence-corrected chi connectivity index (χ1v) is 7.74. The standard InChI is InChI=1S/C13H16N2O3S/c1-19(16,17)18-8-7-13-9-14-15(11-13)10-12-5-3-2-4-6-12/h2-6,9,11H,7-8,10H2,1H3. The Morgan fingerprint density at radius 3 is 2.63 bits per heavy atom. The van der Waals surface area contributed by atoms with Crippen LogP contribution in [0.15, 0.2) is 42.7 Å². The highest BCUT2D eigenvalue weighted by atomic mass is 32.2. The molecule has 0 aliphatic rings. The number of nitrogens with zero attached hydrogens (tertiary/aromatic N) is 2. The minimum Gasteiger partial charge on any atom is -0.270 e. The largest absolute Gasteiger partial charge is 0.270 e. The summed E-state index contributed by atoms with van der Waals surface area (Å²) in [7, 11) is -3.36. The quantitative estimate of drug-likeness (QED) is 0.751. The zero-order chi connectivity index (χ0) is 13.7.